The van der Waals surface area contributed by atoms with Crippen molar-refractivity contribution < 1.29 is 19.4 Å². The Morgan fingerprint density at radius 3 is 2.50 bits per heavy atom. The molecule has 0 aromatic heterocycles. The Labute approximate surface area is 128 Å². The smallest absolute Gasteiger partial charge is 0.336 e. The number of anilines is 1. The van der Waals surface area contributed by atoms with Crippen molar-refractivity contribution in [1.29, 1.82) is 0 Å². The van der Waals surface area contributed by atoms with E-state index in [2.05, 4.69) is 5.32 Å². The van der Waals surface area contributed by atoms with Gasteiger partial charge in [0, 0.05) is 5.69 Å². The molecule has 0 atom stereocenters. The lowest BCUT2D eigenvalue weighted by atomic mass is 10.1. The summed E-state index contributed by atoms with van der Waals surface area (Å²) in [6.45, 7) is 3.46. The number of rotatable bonds is 5. The number of aryl methyl sites for hydroxylation is 2. The molecular weight excluding hydrogens is 282 g/mol. The van der Waals surface area contributed by atoms with E-state index in [0.29, 0.717) is 17.0 Å². The van der Waals surface area contributed by atoms with Crippen LogP contribution < -0.4 is 10.1 Å². The van der Waals surface area contributed by atoms with Gasteiger partial charge in [0.15, 0.2) is 6.61 Å². The van der Waals surface area contributed by atoms with E-state index in [-0.39, 0.29) is 18.1 Å². The van der Waals surface area contributed by atoms with Gasteiger partial charge >= 0.3 is 5.97 Å². The lowest BCUT2D eigenvalue weighted by molar-refractivity contribution is -0.118. The van der Waals surface area contributed by atoms with Crippen molar-refractivity contribution >= 4 is 17.6 Å². The Morgan fingerprint density at radius 1 is 1.09 bits per heavy atom. The summed E-state index contributed by atoms with van der Waals surface area (Å²) in [5, 5.41) is 11.7. The second-order valence-electron chi connectivity index (χ2n) is 4.94. The molecule has 114 valence electrons. The molecule has 1 amide bonds. The molecule has 0 aliphatic carbocycles. The van der Waals surface area contributed by atoms with Crippen molar-refractivity contribution in [2.75, 3.05) is 11.9 Å². The summed E-state index contributed by atoms with van der Waals surface area (Å²) >= 11 is 0. The molecule has 2 rings (SSSR count). The van der Waals surface area contributed by atoms with E-state index >= 15 is 0 Å². The summed E-state index contributed by atoms with van der Waals surface area (Å²) in [4.78, 5) is 23.0. The number of carboxylic acid groups (broad SMARTS) is 1. The highest BCUT2D eigenvalue weighted by Gasteiger charge is 2.10. The number of hydrogen-bond donors (Lipinski definition) is 2. The van der Waals surface area contributed by atoms with Crippen molar-refractivity contribution in [1.82, 2.24) is 0 Å². The minimum absolute atomic E-state index is 0.138. The molecule has 0 heterocycles. The Balaban J connectivity index is 1.99. The van der Waals surface area contributed by atoms with Crippen LogP contribution >= 0.6 is 0 Å². The highest BCUT2D eigenvalue weighted by molar-refractivity contribution is 5.95. The van der Waals surface area contributed by atoms with Crippen LogP contribution in [0.3, 0.4) is 0 Å². The summed E-state index contributed by atoms with van der Waals surface area (Å²) in [5.41, 5.74) is 2.18. The molecule has 2 aromatic carbocycles. The predicted molar refractivity (Wildman–Crippen MR) is 83.4 cm³/mol. The fourth-order valence-corrected chi connectivity index (χ4v) is 1.99. The van der Waals surface area contributed by atoms with Crippen LogP contribution in [-0.4, -0.2) is 23.6 Å². The van der Waals surface area contributed by atoms with E-state index in [1.165, 1.54) is 6.07 Å². The largest absolute Gasteiger partial charge is 0.483 e. The highest BCUT2D eigenvalue weighted by atomic mass is 16.5. The van der Waals surface area contributed by atoms with Gasteiger partial charge in [-0.25, -0.2) is 4.79 Å². The fraction of sp³-hybridized carbons (Fsp3) is 0.176. The average Bonchev–Trinajstić information content (AvgIpc) is 2.48. The third-order valence-corrected chi connectivity index (χ3v) is 3.20. The summed E-state index contributed by atoms with van der Waals surface area (Å²) in [6, 6.07) is 12.2. The normalized spacial score (nSPS) is 10.1. The number of carbonyl (C=O) groups is 2. The molecule has 0 unspecified atom stereocenters. The number of amides is 1. The molecule has 0 fully saturated rings. The van der Waals surface area contributed by atoms with Gasteiger partial charge in [-0.1, -0.05) is 24.3 Å². The van der Waals surface area contributed by atoms with Crippen molar-refractivity contribution in [3.63, 3.8) is 0 Å². The quantitative estimate of drug-likeness (QED) is 0.890. The first-order valence-electron chi connectivity index (χ1n) is 6.79. The summed E-state index contributed by atoms with van der Waals surface area (Å²) in [7, 11) is 0. The van der Waals surface area contributed by atoms with Crippen LogP contribution in [0, 0.1) is 13.8 Å². The topological polar surface area (TPSA) is 75.6 Å². The van der Waals surface area contributed by atoms with Crippen molar-refractivity contribution in [3.05, 3.63) is 59.2 Å². The van der Waals surface area contributed by atoms with E-state index in [1.807, 2.05) is 25.1 Å². The van der Waals surface area contributed by atoms with Gasteiger partial charge in [0.05, 0.1) is 5.56 Å². The first-order valence-corrected chi connectivity index (χ1v) is 6.79. The van der Waals surface area contributed by atoms with E-state index in [9.17, 15) is 9.59 Å². The molecule has 5 heteroatoms. The van der Waals surface area contributed by atoms with Crippen LogP contribution in [0.2, 0.25) is 0 Å². The number of para-hydroxylation sites is 1. The average molecular weight is 299 g/mol. The van der Waals surface area contributed by atoms with Crippen LogP contribution in [0.15, 0.2) is 42.5 Å². The summed E-state index contributed by atoms with van der Waals surface area (Å²) < 4.78 is 5.44. The van der Waals surface area contributed by atoms with E-state index < -0.39 is 5.97 Å². The summed E-state index contributed by atoms with van der Waals surface area (Å²) in [6.07, 6.45) is 0. The number of carbonyl (C=O) groups excluding carboxylic acids is 1. The van der Waals surface area contributed by atoms with Crippen molar-refractivity contribution in [3.8, 4) is 5.75 Å². The molecule has 0 saturated carbocycles. The van der Waals surface area contributed by atoms with Crippen LogP contribution in [0.4, 0.5) is 5.69 Å². The zero-order chi connectivity index (χ0) is 16.1. The number of carboxylic acids is 1. The zero-order valence-corrected chi connectivity index (χ0v) is 12.4. The van der Waals surface area contributed by atoms with Gasteiger partial charge in [-0.15, -0.1) is 0 Å². The van der Waals surface area contributed by atoms with Crippen LogP contribution in [0.5, 0.6) is 5.75 Å². The van der Waals surface area contributed by atoms with Crippen molar-refractivity contribution in [2.24, 2.45) is 0 Å². The van der Waals surface area contributed by atoms with Gasteiger partial charge in [0.25, 0.3) is 5.91 Å². The second kappa shape index (κ2) is 6.76. The lowest BCUT2D eigenvalue weighted by Gasteiger charge is -2.10. The molecule has 0 saturated heterocycles. The number of ether oxygens (including phenoxy) is 1. The lowest BCUT2D eigenvalue weighted by Crippen LogP contribution is -2.20. The van der Waals surface area contributed by atoms with E-state index in [4.69, 9.17) is 9.84 Å². The first-order chi connectivity index (χ1) is 10.5. The van der Waals surface area contributed by atoms with E-state index in [0.717, 1.165) is 5.56 Å². The molecule has 0 aliphatic heterocycles. The molecule has 2 aromatic rings. The van der Waals surface area contributed by atoms with E-state index in [1.54, 1.807) is 25.1 Å². The number of benzene rings is 2. The third-order valence-electron chi connectivity index (χ3n) is 3.20. The minimum Gasteiger partial charge on any atom is -0.483 e. The Bertz CT molecular complexity index is 710. The maximum absolute atomic E-state index is 11.9. The van der Waals surface area contributed by atoms with Gasteiger partial charge in [0.1, 0.15) is 5.75 Å². The predicted octanol–water partition coefficient (Wildman–Crippen LogP) is 3.02. The Hall–Kier alpha value is -2.82. The summed E-state index contributed by atoms with van der Waals surface area (Å²) in [5.74, 6) is -0.721. The van der Waals surface area contributed by atoms with Crippen LogP contribution in [0.1, 0.15) is 21.5 Å². The highest BCUT2D eigenvalue weighted by Crippen LogP contribution is 2.17. The third kappa shape index (κ3) is 3.85. The second-order valence-corrected chi connectivity index (χ2v) is 4.94. The van der Waals surface area contributed by atoms with Gasteiger partial charge in [-0.3, -0.25) is 4.79 Å². The van der Waals surface area contributed by atoms with Gasteiger partial charge < -0.3 is 15.2 Å². The molecule has 0 aliphatic rings. The van der Waals surface area contributed by atoms with Crippen LogP contribution in [-0.2, 0) is 4.79 Å². The maximum atomic E-state index is 11.9. The molecular formula is C17H17NO4. The van der Waals surface area contributed by atoms with Gasteiger partial charge in [0.2, 0.25) is 0 Å². The molecule has 0 spiro atoms. The molecule has 22 heavy (non-hydrogen) atoms. The molecule has 5 nitrogen and oxygen atoms in total. The molecule has 0 bridgehead atoms. The Kier molecular flexibility index (Phi) is 4.78. The molecule has 2 N–H and O–H groups in total. The first kappa shape index (κ1) is 15.6. The minimum atomic E-state index is -1.02. The number of hydrogen-bond acceptors (Lipinski definition) is 3. The van der Waals surface area contributed by atoms with Crippen molar-refractivity contribution in [2.45, 2.75) is 13.8 Å². The standard InChI is InChI=1S/C17H17NO4/c1-11-7-8-13(9-14(11)17(20)21)18-16(19)10-22-15-6-4-3-5-12(15)2/h3-9H,10H2,1-2H3,(H,18,19)(H,20,21). The number of aromatic carboxylic acids is 1. The van der Waals surface area contributed by atoms with Gasteiger partial charge in [-0.05, 0) is 43.2 Å². The van der Waals surface area contributed by atoms with Crippen LogP contribution in [0.25, 0.3) is 0 Å². The maximum Gasteiger partial charge on any atom is 0.336 e. The Morgan fingerprint density at radius 2 is 1.82 bits per heavy atom. The zero-order valence-electron chi connectivity index (χ0n) is 12.4. The van der Waals surface area contributed by atoms with Gasteiger partial charge in [-0.2, -0.15) is 0 Å². The molecule has 0 radical (unpaired) electrons. The number of nitrogens with one attached hydrogen (secondary N) is 1. The fourth-order valence-electron chi connectivity index (χ4n) is 1.99. The monoisotopic (exact) mass is 299 g/mol. The SMILES string of the molecule is Cc1ccccc1OCC(=O)Nc1ccc(C)c(C(=O)O)c1.